The minimum Gasteiger partial charge on any atom is -0.207 e. The van der Waals surface area contributed by atoms with Crippen LogP contribution in [0.5, 0.6) is 0 Å². The summed E-state index contributed by atoms with van der Waals surface area (Å²) < 4.78 is 173. The van der Waals surface area contributed by atoms with Crippen LogP contribution in [0, 0.1) is 69.8 Å². The summed E-state index contributed by atoms with van der Waals surface area (Å²) in [5.74, 6) is -24.9. The van der Waals surface area contributed by atoms with Crippen molar-refractivity contribution in [2.45, 2.75) is 0 Å². The minimum absolute atomic E-state index is 0.164. The maximum Gasteiger partial charge on any atom is 0.200 e. The molecule has 0 aromatic heterocycles. The predicted molar refractivity (Wildman–Crippen MR) is 112 cm³/mol. The monoisotopic (exact) mass is 546 g/mol. The molecule has 0 saturated heterocycles. The van der Waals surface area contributed by atoms with E-state index in [0.717, 1.165) is 0 Å². The average molecular weight is 546 g/mol. The third-order valence-corrected chi connectivity index (χ3v) is 5.94. The smallest absolute Gasteiger partial charge is 0.200 e. The number of hydrogen-bond acceptors (Lipinski definition) is 0. The van der Waals surface area contributed by atoms with Gasteiger partial charge in [0.05, 0.1) is 11.1 Å². The van der Waals surface area contributed by atoms with Gasteiger partial charge in [-0.3, -0.25) is 0 Å². The lowest BCUT2D eigenvalue weighted by atomic mass is 9.85. The molecule has 0 atom stereocenters. The molecule has 38 heavy (non-hydrogen) atoms. The first-order valence-corrected chi connectivity index (χ1v) is 10.2. The van der Waals surface area contributed by atoms with Gasteiger partial charge in [0, 0.05) is 17.2 Å². The van der Waals surface area contributed by atoms with Crippen LogP contribution < -0.4 is 0 Å². The molecule has 0 unspecified atom stereocenters. The normalized spacial score (nSPS) is 11.7. The van der Waals surface area contributed by atoms with Crippen molar-refractivity contribution in [1.82, 2.24) is 0 Å². The SMILES string of the molecule is Fc1ccc2c(-c3c(F)c(F)c(F)c(F)c3F)c3cc(F)c(F)cc3c(-c3c(F)c(F)cc(F)c3F)c2c1. The Kier molecular flexibility index (Phi) is 5.80. The Hall–Kier alpha value is -4.22. The van der Waals surface area contributed by atoms with Gasteiger partial charge in [-0.1, -0.05) is 6.07 Å². The molecule has 0 spiro atoms. The fourth-order valence-corrected chi connectivity index (χ4v) is 4.35. The molecule has 0 aliphatic rings. The summed E-state index contributed by atoms with van der Waals surface area (Å²) in [6.07, 6.45) is 0. The molecular weight excluding hydrogens is 540 g/mol. The molecule has 12 heteroatoms. The summed E-state index contributed by atoms with van der Waals surface area (Å²) in [6, 6.07) is 2.03. The number of rotatable bonds is 2. The summed E-state index contributed by atoms with van der Waals surface area (Å²) in [6.45, 7) is 0. The zero-order valence-corrected chi connectivity index (χ0v) is 18.0. The van der Waals surface area contributed by atoms with Gasteiger partial charge in [0.15, 0.2) is 58.2 Å². The first kappa shape index (κ1) is 25.4. The van der Waals surface area contributed by atoms with Crippen LogP contribution in [0.1, 0.15) is 0 Å². The van der Waals surface area contributed by atoms with Crippen molar-refractivity contribution in [1.29, 1.82) is 0 Å². The lowest BCUT2D eigenvalue weighted by Crippen LogP contribution is -2.06. The molecule has 0 aliphatic carbocycles. The van der Waals surface area contributed by atoms with Gasteiger partial charge in [0.1, 0.15) is 5.82 Å². The molecule has 0 aliphatic heterocycles. The van der Waals surface area contributed by atoms with Crippen LogP contribution >= 0.6 is 0 Å². The van der Waals surface area contributed by atoms with E-state index in [4.69, 9.17) is 0 Å². The maximum absolute atomic E-state index is 14.9. The first-order valence-electron chi connectivity index (χ1n) is 10.2. The molecule has 0 N–H and O–H groups in total. The molecule has 5 rings (SSSR count). The van der Waals surface area contributed by atoms with Gasteiger partial charge in [0.2, 0.25) is 5.82 Å². The average Bonchev–Trinajstić information content (AvgIpc) is 2.87. The van der Waals surface area contributed by atoms with E-state index in [-0.39, 0.29) is 18.2 Å². The second kappa shape index (κ2) is 8.67. The largest absolute Gasteiger partial charge is 0.207 e. The van der Waals surface area contributed by atoms with Gasteiger partial charge in [-0.2, -0.15) is 0 Å². The number of halogens is 12. The quantitative estimate of drug-likeness (QED) is 0.0898. The molecule has 5 aromatic carbocycles. The summed E-state index contributed by atoms with van der Waals surface area (Å²) >= 11 is 0. The number of fused-ring (bicyclic) bond motifs is 2. The topological polar surface area (TPSA) is 0 Å². The Morgan fingerprint density at radius 3 is 1.18 bits per heavy atom. The van der Waals surface area contributed by atoms with E-state index in [1.165, 1.54) is 0 Å². The van der Waals surface area contributed by atoms with Crippen LogP contribution in [0.15, 0.2) is 36.4 Å². The second-order valence-electron chi connectivity index (χ2n) is 8.04. The molecule has 0 nitrogen and oxygen atoms in total. The molecule has 0 fully saturated rings. The van der Waals surface area contributed by atoms with Crippen LogP contribution in [-0.4, -0.2) is 0 Å². The zero-order chi connectivity index (χ0) is 27.8. The number of benzene rings is 5. The Morgan fingerprint density at radius 1 is 0.289 bits per heavy atom. The van der Waals surface area contributed by atoms with E-state index >= 15 is 0 Å². The third kappa shape index (κ3) is 3.50. The first-order chi connectivity index (χ1) is 17.8. The van der Waals surface area contributed by atoms with Crippen molar-refractivity contribution in [2.24, 2.45) is 0 Å². The van der Waals surface area contributed by atoms with Crippen molar-refractivity contribution in [3.05, 3.63) is 106 Å². The highest BCUT2D eigenvalue weighted by Crippen LogP contribution is 2.47. The van der Waals surface area contributed by atoms with E-state index in [2.05, 4.69) is 0 Å². The summed E-state index contributed by atoms with van der Waals surface area (Å²) in [5.41, 5.74) is -5.19. The third-order valence-electron chi connectivity index (χ3n) is 5.94. The van der Waals surface area contributed by atoms with Crippen LogP contribution in [0.25, 0.3) is 43.8 Å². The van der Waals surface area contributed by atoms with Crippen molar-refractivity contribution in [2.75, 3.05) is 0 Å². The molecule has 0 amide bonds. The van der Waals surface area contributed by atoms with Crippen LogP contribution in [-0.2, 0) is 0 Å². The van der Waals surface area contributed by atoms with E-state index < -0.39 is 114 Å². The molecule has 0 bridgehead atoms. The van der Waals surface area contributed by atoms with Crippen molar-refractivity contribution in [3.8, 4) is 22.3 Å². The molecule has 0 heterocycles. The van der Waals surface area contributed by atoms with E-state index in [1.54, 1.807) is 0 Å². The Bertz CT molecular complexity index is 1790. The highest BCUT2D eigenvalue weighted by atomic mass is 19.2. The number of hydrogen-bond donors (Lipinski definition) is 0. The van der Waals surface area contributed by atoms with Crippen molar-refractivity contribution >= 4 is 21.5 Å². The van der Waals surface area contributed by atoms with Crippen LogP contribution in [0.3, 0.4) is 0 Å². The Morgan fingerprint density at radius 2 is 0.684 bits per heavy atom. The summed E-state index contributed by atoms with van der Waals surface area (Å²) in [4.78, 5) is 0. The van der Waals surface area contributed by atoms with Crippen LogP contribution in [0.4, 0.5) is 52.7 Å². The van der Waals surface area contributed by atoms with Gasteiger partial charge < -0.3 is 0 Å². The fourth-order valence-electron chi connectivity index (χ4n) is 4.35. The second-order valence-corrected chi connectivity index (χ2v) is 8.04. The van der Waals surface area contributed by atoms with Gasteiger partial charge in [0.25, 0.3) is 0 Å². The van der Waals surface area contributed by atoms with Gasteiger partial charge in [-0.15, -0.1) is 0 Å². The Balaban J connectivity index is 2.15. The van der Waals surface area contributed by atoms with E-state index in [1.807, 2.05) is 0 Å². The lowest BCUT2D eigenvalue weighted by Gasteiger charge is -2.20. The fraction of sp³-hybridized carbons (Fsp3) is 0. The highest BCUT2D eigenvalue weighted by molar-refractivity contribution is 6.21. The summed E-state index contributed by atoms with van der Waals surface area (Å²) in [7, 11) is 0. The standard InChI is InChI=1S/C26H6F12/c27-7-1-2-8-9(3-7)17(18-20(32)14(30)6-15(31)21(18)33)11-5-13(29)12(28)4-10(11)16(8)19-22(34)24(36)26(38)25(37)23(19)35/h1-6H. The Labute approximate surface area is 203 Å². The van der Waals surface area contributed by atoms with E-state index in [0.29, 0.717) is 18.2 Å². The molecule has 0 saturated carbocycles. The molecule has 194 valence electrons. The van der Waals surface area contributed by atoms with Gasteiger partial charge in [-0.05, 0) is 45.8 Å². The maximum atomic E-state index is 14.9. The zero-order valence-electron chi connectivity index (χ0n) is 18.0. The van der Waals surface area contributed by atoms with Gasteiger partial charge in [-0.25, -0.2) is 52.7 Å². The highest BCUT2D eigenvalue weighted by Gasteiger charge is 2.32. The lowest BCUT2D eigenvalue weighted by molar-refractivity contribution is 0.381. The molecule has 0 radical (unpaired) electrons. The van der Waals surface area contributed by atoms with Gasteiger partial charge >= 0.3 is 0 Å². The molecule has 5 aromatic rings. The predicted octanol–water partition coefficient (Wildman–Crippen LogP) is 9.00. The summed E-state index contributed by atoms with van der Waals surface area (Å²) in [5, 5.41) is -3.26. The van der Waals surface area contributed by atoms with Crippen molar-refractivity contribution < 1.29 is 52.7 Å². The van der Waals surface area contributed by atoms with Crippen LogP contribution in [0.2, 0.25) is 0 Å². The van der Waals surface area contributed by atoms with E-state index in [9.17, 15) is 52.7 Å². The minimum atomic E-state index is -2.54. The molecular formula is C26H6F12. The van der Waals surface area contributed by atoms with Crippen molar-refractivity contribution in [3.63, 3.8) is 0 Å².